The van der Waals surface area contributed by atoms with Crippen LogP contribution in [0.2, 0.25) is 0 Å². The molecule has 1 unspecified atom stereocenters. The van der Waals surface area contributed by atoms with Crippen LogP contribution in [-0.4, -0.2) is 20.0 Å². The second-order valence-electron chi connectivity index (χ2n) is 5.88. The zero-order chi connectivity index (χ0) is 19.2. The van der Waals surface area contributed by atoms with Crippen LogP contribution in [0.5, 0.6) is 11.5 Å². The van der Waals surface area contributed by atoms with E-state index in [9.17, 15) is 26.7 Å². The van der Waals surface area contributed by atoms with Gasteiger partial charge in [0.25, 0.3) is 0 Å². The largest absolute Gasteiger partial charge is 0.493 e. The molecule has 0 fully saturated rings. The van der Waals surface area contributed by atoms with E-state index in [0.29, 0.717) is 17.1 Å². The Kier molecular flexibility index (Phi) is 4.60. The number of Topliss-reactive ketones (excluding diaryl/α,β-unsaturated/α-hetero) is 1. The van der Waals surface area contributed by atoms with E-state index in [0.717, 1.165) is 0 Å². The maximum atomic E-state index is 13.9. The molecule has 2 aromatic rings. The number of hydrogen-bond acceptors (Lipinski definition) is 3. The Morgan fingerprint density at radius 2 is 1.38 bits per heavy atom. The van der Waals surface area contributed by atoms with Crippen molar-refractivity contribution < 1.29 is 36.2 Å². The maximum Gasteiger partial charge on any atom is 0.200 e. The lowest BCUT2D eigenvalue weighted by atomic mass is 9.94. The Balaban J connectivity index is 1.98. The monoisotopic (exact) mass is 372 g/mol. The van der Waals surface area contributed by atoms with Gasteiger partial charge in [0.1, 0.15) is 0 Å². The summed E-state index contributed by atoms with van der Waals surface area (Å²) in [6.45, 7) is 0. The molecule has 8 heteroatoms. The predicted molar refractivity (Wildman–Crippen MR) is 81.0 cm³/mol. The fourth-order valence-corrected chi connectivity index (χ4v) is 3.14. The Morgan fingerprint density at radius 1 is 0.885 bits per heavy atom. The molecule has 0 aromatic heterocycles. The first kappa shape index (κ1) is 18.2. The van der Waals surface area contributed by atoms with Gasteiger partial charge in [0, 0.05) is 17.0 Å². The summed E-state index contributed by atoms with van der Waals surface area (Å²) in [4.78, 5) is 12.5. The molecule has 138 valence electrons. The van der Waals surface area contributed by atoms with Gasteiger partial charge in [0.05, 0.1) is 14.2 Å². The predicted octanol–water partition coefficient (Wildman–Crippen LogP) is 4.00. The van der Waals surface area contributed by atoms with E-state index in [1.165, 1.54) is 20.3 Å². The zero-order valence-electron chi connectivity index (χ0n) is 13.8. The summed E-state index contributed by atoms with van der Waals surface area (Å²) in [6.07, 6.45) is -0.516. The minimum atomic E-state index is -2.22. The molecule has 0 heterocycles. The third-order valence-electron chi connectivity index (χ3n) is 4.46. The van der Waals surface area contributed by atoms with Crippen molar-refractivity contribution in [2.45, 2.75) is 12.8 Å². The lowest BCUT2D eigenvalue weighted by Gasteiger charge is -2.11. The molecule has 3 rings (SSSR count). The summed E-state index contributed by atoms with van der Waals surface area (Å²) in [5, 5.41) is 0. The quantitative estimate of drug-likeness (QED) is 0.462. The number of rotatable bonds is 4. The minimum absolute atomic E-state index is 0.0913. The molecule has 26 heavy (non-hydrogen) atoms. The molecule has 0 N–H and O–H groups in total. The number of benzene rings is 2. The van der Waals surface area contributed by atoms with E-state index in [-0.39, 0.29) is 12.0 Å². The van der Waals surface area contributed by atoms with Gasteiger partial charge in [-0.2, -0.15) is 0 Å². The maximum absolute atomic E-state index is 13.9. The summed E-state index contributed by atoms with van der Waals surface area (Å²) in [6, 6.07) is 3.00. The number of ketones is 1. The van der Waals surface area contributed by atoms with Crippen molar-refractivity contribution in [2.24, 2.45) is 5.92 Å². The van der Waals surface area contributed by atoms with Crippen molar-refractivity contribution in [2.75, 3.05) is 14.2 Å². The van der Waals surface area contributed by atoms with Gasteiger partial charge in [-0.3, -0.25) is 4.79 Å². The Labute approximate surface area is 145 Å². The fourth-order valence-electron chi connectivity index (χ4n) is 3.14. The van der Waals surface area contributed by atoms with Crippen LogP contribution in [0.25, 0.3) is 0 Å². The SMILES string of the molecule is COc1cc2c(cc1OC)C(=O)C(Cc1c(F)c(F)c(F)c(F)c1F)C2. The van der Waals surface area contributed by atoms with E-state index in [2.05, 4.69) is 0 Å². The normalized spacial score (nSPS) is 16.0. The first-order valence-electron chi connectivity index (χ1n) is 7.59. The highest BCUT2D eigenvalue weighted by Crippen LogP contribution is 2.38. The molecule has 0 spiro atoms. The summed E-state index contributed by atoms with van der Waals surface area (Å²) in [5.74, 6) is -10.8. The van der Waals surface area contributed by atoms with E-state index in [1.807, 2.05) is 0 Å². The third-order valence-corrected chi connectivity index (χ3v) is 4.46. The summed E-state index contributed by atoms with van der Waals surface area (Å²) < 4.78 is 77.9. The lowest BCUT2D eigenvalue weighted by Crippen LogP contribution is -2.16. The van der Waals surface area contributed by atoms with Crippen molar-refractivity contribution >= 4 is 5.78 Å². The molecule has 0 saturated carbocycles. The minimum Gasteiger partial charge on any atom is -0.493 e. The van der Waals surface area contributed by atoms with E-state index < -0.39 is 52.8 Å². The number of carbonyl (C=O) groups is 1. The van der Waals surface area contributed by atoms with E-state index >= 15 is 0 Å². The molecule has 1 atom stereocenters. The van der Waals surface area contributed by atoms with Crippen molar-refractivity contribution in [1.29, 1.82) is 0 Å². The first-order valence-corrected chi connectivity index (χ1v) is 7.59. The van der Waals surface area contributed by atoms with Gasteiger partial charge in [0.15, 0.2) is 40.6 Å². The van der Waals surface area contributed by atoms with Crippen LogP contribution >= 0.6 is 0 Å². The Morgan fingerprint density at radius 3 is 1.92 bits per heavy atom. The molecule has 1 aliphatic carbocycles. The molecule has 0 radical (unpaired) electrons. The molecule has 0 aliphatic heterocycles. The van der Waals surface area contributed by atoms with Gasteiger partial charge in [0.2, 0.25) is 5.82 Å². The Hall–Kier alpha value is -2.64. The van der Waals surface area contributed by atoms with Crippen LogP contribution in [-0.2, 0) is 12.8 Å². The number of methoxy groups -OCH3 is 2. The van der Waals surface area contributed by atoms with Gasteiger partial charge >= 0.3 is 0 Å². The standard InChI is InChI=1S/C18H13F5O3/c1-25-11-5-7-3-8(18(24)9(7)6-12(11)26-2)4-10-13(19)15(21)17(23)16(22)14(10)20/h5-6,8H,3-4H2,1-2H3. The summed E-state index contributed by atoms with van der Waals surface area (Å²) in [7, 11) is 2.79. The molecule has 1 aliphatic rings. The highest BCUT2D eigenvalue weighted by atomic mass is 19.2. The average molecular weight is 372 g/mol. The highest BCUT2D eigenvalue weighted by Gasteiger charge is 2.35. The van der Waals surface area contributed by atoms with Crippen molar-refractivity contribution in [3.05, 3.63) is 57.9 Å². The number of hydrogen-bond donors (Lipinski definition) is 0. The second-order valence-corrected chi connectivity index (χ2v) is 5.88. The molecule has 0 amide bonds. The van der Waals surface area contributed by atoms with Crippen LogP contribution < -0.4 is 9.47 Å². The number of carbonyl (C=O) groups excluding carboxylic acids is 1. The van der Waals surface area contributed by atoms with E-state index in [4.69, 9.17) is 9.47 Å². The fraction of sp³-hybridized carbons (Fsp3) is 0.278. The van der Waals surface area contributed by atoms with Gasteiger partial charge < -0.3 is 9.47 Å². The molecule has 0 saturated heterocycles. The molecular weight excluding hydrogens is 359 g/mol. The molecule has 0 bridgehead atoms. The number of ether oxygens (including phenoxy) is 2. The van der Waals surface area contributed by atoms with Gasteiger partial charge in [-0.1, -0.05) is 0 Å². The number of halogens is 5. The van der Waals surface area contributed by atoms with E-state index in [1.54, 1.807) is 6.07 Å². The van der Waals surface area contributed by atoms with Crippen molar-refractivity contribution in [1.82, 2.24) is 0 Å². The zero-order valence-corrected chi connectivity index (χ0v) is 13.8. The molecular formula is C18H13F5O3. The van der Waals surface area contributed by atoms with Crippen LogP contribution in [0, 0.1) is 35.0 Å². The van der Waals surface area contributed by atoms with Gasteiger partial charge in [-0.25, -0.2) is 22.0 Å². The first-order chi connectivity index (χ1) is 12.3. The second kappa shape index (κ2) is 6.59. The topological polar surface area (TPSA) is 35.5 Å². The number of fused-ring (bicyclic) bond motifs is 1. The van der Waals surface area contributed by atoms with Crippen molar-refractivity contribution in [3.8, 4) is 11.5 Å². The smallest absolute Gasteiger partial charge is 0.200 e. The summed E-state index contributed by atoms with van der Waals surface area (Å²) in [5.41, 5.74) is -0.162. The molecule has 3 nitrogen and oxygen atoms in total. The van der Waals surface area contributed by atoms with Crippen LogP contribution in [0.15, 0.2) is 12.1 Å². The van der Waals surface area contributed by atoms with Gasteiger partial charge in [-0.05, 0) is 30.5 Å². The van der Waals surface area contributed by atoms with Crippen LogP contribution in [0.4, 0.5) is 22.0 Å². The van der Waals surface area contributed by atoms with Crippen LogP contribution in [0.3, 0.4) is 0 Å². The average Bonchev–Trinajstić information content (AvgIpc) is 2.95. The Bertz CT molecular complexity index is 881. The lowest BCUT2D eigenvalue weighted by molar-refractivity contribution is 0.0934. The highest BCUT2D eigenvalue weighted by molar-refractivity contribution is 6.03. The summed E-state index contributed by atoms with van der Waals surface area (Å²) >= 11 is 0. The van der Waals surface area contributed by atoms with Crippen molar-refractivity contribution in [3.63, 3.8) is 0 Å². The van der Waals surface area contributed by atoms with Gasteiger partial charge in [-0.15, -0.1) is 0 Å². The molecule has 2 aromatic carbocycles. The third kappa shape index (κ3) is 2.69. The van der Waals surface area contributed by atoms with Crippen LogP contribution in [0.1, 0.15) is 21.5 Å².